The average molecular weight is 233 g/mol. The van der Waals surface area contributed by atoms with E-state index in [2.05, 4.69) is 19.3 Å². The molecule has 0 radical (unpaired) electrons. The zero-order valence-electron chi connectivity index (χ0n) is 10.6. The van der Waals surface area contributed by atoms with Gasteiger partial charge in [0, 0.05) is 0 Å². The summed E-state index contributed by atoms with van der Waals surface area (Å²) in [6.07, 6.45) is 0.924. The van der Waals surface area contributed by atoms with E-state index in [1.54, 1.807) is 0 Å². The first-order chi connectivity index (χ1) is 8.00. The van der Waals surface area contributed by atoms with E-state index < -0.39 is 0 Å². The summed E-state index contributed by atoms with van der Waals surface area (Å²) in [5.41, 5.74) is 4.03. The van der Waals surface area contributed by atoms with Crippen molar-refractivity contribution in [3.05, 3.63) is 35.9 Å². The van der Waals surface area contributed by atoms with E-state index in [0.717, 1.165) is 12.0 Å². The highest BCUT2D eigenvalue weighted by Crippen LogP contribution is 2.52. The van der Waals surface area contributed by atoms with E-state index in [4.69, 9.17) is 4.84 Å². The van der Waals surface area contributed by atoms with Crippen molar-refractivity contribution in [1.82, 2.24) is 5.48 Å². The maximum Gasteiger partial charge on any atom is 0.328 e. The number of hydrogen-bond acceptors (Lipinski definition) is 3. The highest BCUT2D eigenvalue weighted by atomic mass is 16.7. The standard InChI is InChI=1S/C14H19NO2/c1-10(11-7-5-4-6-8-11)15-17-13(16)12-9-14(12,2)3/h4-8,10,12,15H,9H2,1-3H3. The molecule has 3 heteroatoms. The summed E-state index contributed by atoms with van der Waals surface area (Å²) in [6.45, 7) is 6.14. The second-order valence-corrected chi connectivity index (χ2v) is 5.42. The van der Waals surface area contributed by atoms with Crippen molar-refractivity contribution >= 4 is 5.97 Å². The fourth-order valence-electron chi connectivity index (χ4n) is 1.90. The molecule has 1 aromatic rings. The van der Waals surface area contributed by atoms with Crippen LogP contribution in [-0.4, -0.2) is 5.97 Å². The molecule has 0 amide bonds. The lowest BCUT2D eigenvalue weighted by atomic mass is 10.1. The first-order valence-corrected chi connectivity index (χ1v) is 6.02. The van der Waals surface area contributed by atoms with Gasteiger partial charge in [0.2, 0.25) is 0 Å². The normalized spacial score (nSPS) is 22.9. The van der Waals surface area contributed by atoms with Crippen LogP contribution in [0, 0.1) is 11.3 Å². The summed E-state index contributed by atoms with van der Waals surface area (Å²) < 4.78 is 0. The van der Waals surface area contributed by atoms with Crippen LogP contribution in [0.25, 0.3) is 0 Å². The third-order valence-corrected chi connectivity index (χ3v) is 3.43. The zero-order chi connectivity index (χ0) is 12.5. The van der Waals surface area contributed by atoms with Gasteiger partial charge in [0.15, 0.2) is 0 Å². The van der Waals surface area contributed by atoms with E-state index in [-0.39, 0.29) is 23.3 Å². The van der Waals surface area contributed by atoms with Gasteiger partial charge in [-0.05, 0) is 24.3 Å². The highest BCUT2D eigenvalue weighted by molar-refractivity contribution is 5.76. The first kappa shape index (κ1) is 12.1. The Hall–Kier alpha value is -1.35. The van der Waals surface area contributed by atoms with Gasteiger partial charge in [0.25, 0.3) is 0 Å². The van der Waals surface area contributed by atoms with Gasteiger partial charge in [0.1, 0.15) is 0 Å². The Morgan fingerprint density at radius 2 is 2.00 bits per heavy atom. The fraction of sp³-hybridized carbons (Fsp3) is 0.500. The number of hydrogen-bond donors (Lipinski definition) is 1. The van der Waals surface area contributed by atoms with Crippen molar-refractivity contribution in [2.75, 3.05) is 0 Å². The molecule has 0 aliphatic heterocycles. The zero-order valence-corrected chi connectivity index (χ0v) is 10.6. The molecule has 17 heavy (non-hydrogen) atoms. The second kappa shape index (κ2) is 4.49. The van der Waals surface area contributed by atoms with Gasteiger partial charge in [-0.2, -0.15) is 0 Å². The smallest absolute Gasteiger partial charge is 0.328 e. The molecule has 0 heterocycles. The van der Waals surface area contributed by atoms with Crippen LogP contribution in [0.1, 0.15) is 38.8 Å². The molecule has 2 atom stereocenters. The molecule has 2 rings (SSSR count). The lowest BCUT2D eigenvalue weighted by Crippen LogP contribution is -2.25. The van der Waals surface area contributed by atoms with Crippen LogP contribution in [0.5, 0.6) is 0 Å². The average Bonchev–Trinajstić information content (AvgIpc) is 2.96. The molecule has 3 nitrogen and oxygen atoms in total. The van der Waals surface area contributed by atoms with Crippen LogP contribution in [-0.2, 0) is 9.63 Å². The molecule has 0 saturated heterocycles. The molecule has 1 N–H and O–H groups in total. The highest BCUT2D eigenvalue weighted by Gasteiger charge is 2.52. The predicted octanol–water partition coefficient (Wildman–Crippen LogP) is 2.84. The van der Waals surface area contributed by atoms with E-state index in [0.29, 0.717) is 0 Å². The third-order valence-electron chi connectivity index (χ3n) is 3.43. The van der Waals surface area contributed by atoms with Crippen LogP contribution in [0.15, 0.2) is 30.3 Å². The molecule has 0 bridgehead atoms. The van der Waals surface area contributed by atoms with Gasteiger partial charge in [-0.3, -0.25) is 4.79 Å². The van der Waals surface area contributed by atoms with Crippen LogP contribution in [0.2, 0.25) is 0 Å². The fourth-order valence-corrected chi connectivity index (χ4v) is 1.90. The summed E-state index contributed by atoms with van der Waals surface area (Å²) in [4.78, 5) is 16.8. The van der Waals surface area contributed by atoms with Gasteiger partial charge in [-0.25, -0.2) is 0 Å². The number of rotatable bonds is 4. The number of nitrogens with one attached hydrogen (secondary N) is 1. The minimum absolute atomic E-state index is 0.0158. The largest absolute Gasteiger partial charge is 0.370 e. The summed E-state index contributed by atoms with van der Waals surface area (Å²) in [5, 5.41) is 0. The molecule has 2 unspecified atom stereocenters. The quantitative estimate of drug-likeness (QED) is 0.813. The topological polar surface area (TPSA) is 38.3 Å². The Morgan fingerprint density at radius 1 is 1.41 bits per heavy atom. The van der Waals surface area contributed by atoms with Crippen LogP contribution in [0.4, 0.5) is 0 Å². The lowest BCUT2D eigenvalue weighted by Gasteiger charge is -2.14. The van der Waals surface area contributed by atoms with E-state index in [1.165, 1.54) is 0 Å². The second-order valence-electron chi connectivity index (χ2n) is 5.42. The SMILES string of the molecule is CC(NOC(=O)C1CC1(C)C)c1ccccc1. The minimum atomic E-state index is -0.141. The van der Waals surface area contributed by atoms with Gasteiger partial charge in [-0.1, -0.05) is 44.2 Å². The summed E-state index contributed by atoms with van der Waals surface area (Å²) in [7, 11) is 0. The number of benzene rings is 1. The minimum Gasteiger partial charge on any atom is -0.370 e. The van der Waals surface area contributed by atoms with Crippen LogP contribution in [0.3, 0.4) is 0 Å². The summed E-state index contributed by atoms with van der Waals surface area (Å²) >= 11 is 0. The molecule has 1 aliphatic rings. The Kier molecular flexibility index (Phi) is 3.20. The molecular weight excluding hydrogens is 214 g/mol. The summed E-state index contributed by atoms with van der Waals surface area (Å²) in [5.74, 6) is -0.0873. The van der Waals surface area contributed by atoms with Gasteiger partial charge >= 0.3 is 5.97 Å². The number of hydroxylamine groups is 1. The Balaban J connectivity index is 1.81. The van der Waals surface area contributed by atoms with E-state index in [9.17, 15) is 4.79 Å². The van der Waals surface area contributed by atoms with Gasteiger partial charge in [0.05, 0.1) is 12.0 Å². The van der Waals surface area contributed by atoms with Crippen molar-refractivity contribution < 1.29 is 9.63 Å². The molecule has 0 spiro atoms. The predicted molar refractivity (Wildman–Crippen MR) is 66.0 cm³/mol. The molecule has 1 saturated carbocycles. The summed E-state index contributed by atoms with van der Waals surface area (Å²) in [6, 6.07) is 9.94. The first-order valence-electron chi connectivity index (χ1n) is 6.02. The van der Waals surface area contributed by atoms with E-state index in [1.807, 2.05) is 37.3 Å². The van der Waals surface area contributed by atoms with E-state index >= 15 is 0 Å². The molecule has 1 aromatic carbocycles. The van der Waals surface area contributed by atoms with Crippen molar-refractivity contribution in [3.8, 4) is 0 Å². The Morgan fingerprint density at radius 3 is 2.53 bits per heavy atom. The molecule has 0 aromatic heterocycles. The Labute approximate surface area is 102 Å². The monoisotopic (exact) mass is 233 g/mol. The molecule has 92 valence electrons. The van der Waals surface area contributed by atoms with Crippen molar-refractivity contribution in [1.29, 1.82) is 0 Å². The Bertz CT molecular complexity index is 400. The third kappa shape index (κ3) is 2.86. The van der Waals surface area contributed by atoms with Gasteiger partial charge in [-0.15, -0.1) is 5.48 Å². The maximum absolute atomic E-state index is 11.7. The lowest BCUT2D eigenvalue weighted by molar-refractivity contribution is -0.155. The molecule has 1 aliphatic carbocycles. The van der Waals surface area contributed by atoms with Crippen molar-refractivity contribution in [3.63, 3.8) is 0 Å². The van der Waals surface area contributed by atoms with Crippen molar-refractivity contribution in [2.24, 2.45) is 11.3 Å². The maximum atomic E-state index is 11.7. The molecular formula is C14H19NO2. The van der Waals surface area contributed by atoms with Crippen LogP contribution >= 0.6 is 0 Å². The van der Waals surface area contributed by atoms with Crippen LogP contribution < -0.4 is 5.48 Å². The van der Waals surface area contributed by atoms with Gasteiger partial charge < -0.3 is 4.84 Å². The molecule has 1 fully saturated rings. The number of carbonyl (C=O) groups excluding carboxylic acids is 1. The number of carbonyl (C=O) groups is 1. The van der Waals surface area contributed by atoms with Crippen molar-refractivity contribution in [2.45, 2.75) is 33.2 Å².